The first kappa shape index (κ1) is 13.1. The Morgan fingerprint density at radius 1 is 1.35 bits per heavy atom. The highest BCUT2D eigenvalue weighted by Gasteiger charge is 2.53. The lowest BCUT2D eigenvalue weighted by molar-refractivity contribution is -0.128. The molecule has 0 bridgehead atoms. The minimum Gasteiger partial charge on any atom is -0.317 e. The van der Waals surface area contributed by atoms with Gasteiger partial charge in [-0.25, -0.2) is 4.79 Å². The lowest BCUT2D eigenvalue weighted by Gasteiger charge is -2.38. The van der Waals surface area contributed by atoms with Crippen LogP contribution in [-0.4, -0.2) is 40.5 Å². The minimum atomic E-state index is -0.702. The number of carbonyl (C=O) groups excluding carboxylic acids is 2. The molecule has 0 aromatic carbocycles. The lowest BCUT2D eigenvalue weighted by atomic mass is 9.87. The van der Waals surface area contributed by atoms with Crippen LogP contribution in [0.3, 0.4) is 0 Å². The number of nitrogens with zero attached hydrogens (tertiary/aromatic N) is 2. The molecule has 2 aliphatic heterocycles. The minimum absolute atomic E-state index is 0.169. The Morgan fingerprint density at radius 2 is 2.10 bits per heavy atom. The Balaban J connectivity index is 1.91. The molecule has 0 unspecified atom stereocenters. The van der Waals surface area contributed by atoms with Gasteiger partial charge in [-0.05, 0) is 44.5 Å². The SMILES string of the molecule is Cc1cccnc1CN1C(=O)NC(=O)C12CCNCC2. The van der Waals surface area contributed by atoms with Gasteiger partial charge >= 0.3 is 6.03 Å². The number of hydrogen-bond donors (Lipinski definition) is 2. The van der Waals surface area contributed by atoms with Crippen molar-refractivity contribution in [1.29, 1.82) is 0 Å². The third-order valence-corrected chi connectivity index (χ3v) is 4.26. The Hall–Kier alpha value is -1.95. The second-order valence-corrected chi connectivity index (χ2v) is 5.39. The predicted octanol–water partition coefficient (Wildman–Crippen LogP) is 0.564. The summed E-state index contributed by atoms with van der Waals surface area (Å²) in [5, 5.41) is 5.69. The van der Waals surface area contributed by atoms with Crippen molar-refractivity contribution < 1.29 is 9.59 Å². The van der Waals surface area contributed by atoms with E-state index in [4.69, 9.17) is 0 Å². The van der Waals surface area contributed by atoms with E-state index in [1.807, 2.05) is 19.1 Å². The first-order chi connectivity index (χ1) is 9.63. The van der Waals surface area contributed by atoms with Crippen LogP contribution in [-0.2, 0) is 11.3 Å². The Kier molecular flexibility index (Phi) is 3.17. The average Bonchev–Trinajstić information content (AvgIpc) is 2.66. The summed E-state index contributed by atoms with van der Waals surface area (Å²) in [6.07, 6.45) is 3.01. The molecule has 0 atom stereocenters. The molecule has 20 heavy (non-hydrogen) atoms. The molecule has 0 aliphatic carbocycles. The van der Waals surface area contributed by atoms with Crippen molar-refractivity contribution in [3.05, 3.63) is 29.6 Å². The van der Waals surface area contributed by atoms with Gasteiger partial charge < -0.3 is 10.2 Å². The zero-order valence-corrected chi connectivity index (χ0v) is 11.5. The van der Waals surface area contributed by atoms with Gasteiger partial charge in [-0.2, -0.15) is 0 Å². The summed E-state index contributed by atoms with van der Waals surface area (Å²) in [7, 11) is 0. The van der Waals surface area contributed by atoms with Crippen LogP contribution in [0.5, 0.6) is 0 Å². The number of amides is 3. The van der Waals surface area contributed by atoms with E-state index in [0.717, 1.165) is 24.3 Å². The maximum absolute atomic E-state index is 12.2. The second kappa shape index (κ2) is 4.86. The molecule has 6 nitrogen and oxygen atoms in total. The second-order valence-electron chi connectivity index (χ2n) is 5.39. The number of rotatable bonds is 2. The van der Waals surface area contributed by atoms with E-state index in [0.29, 0.717) is 19.4 Å². The normalized spacial score (nSPS) is 21.4. The van der Waals surface area contributed by atoms with Crippen molar-refractivity contribution in [2.45, 2.75) is 31.8 Å². The molecular formula is C14H18N4O2. The molecule has 106 valence electrons. The van der Waals surface area contributed by atoms with Crippen LogP contribution in [0.2, 0.25) is 0 Å². The maximum Gasteiger partial charge on any atom is 0.325 e. The number of aryl methyl sites for hydroxylation is 1. The molecule has 1 spiro atoms. The fourth-order valence-electron chi connectivity index (χ4n) is 2.99. The van der Waals surface area contributed by atoms with Crippen molar-refractivity contribution in [1.82, 2.24) is 20.5 Å². The highest BCUT2D eigenvalue weighted by Crippen LogP contribution is 2.32. The Labute approximate surface area is 117 Å². The monoisotopic (exact) mass is 274 g/mol. The molecule has 1 aromatic heterocycles. The molecule has 2 saturated heterocycles. The van der Waals surface area contributed by atoms with Gasteiger partial charge in [0, 0.05) is 6.20 Å². The van der Waals surface area contributed by atoms with Gasteiger partial charge in [0.2, 0.25) is 0 Å². The molecule has 0 saturated carbocycles. The number of piperidine rings is 1. The average molecular weight is 274 g/mol. The Morgan fingerprint density at radius 3 is 2.80 bits per heavy atom. The molecular weight excluding hydrogens is 256 g/mol. The van der Waals surface area contributed by atoms with Gasteiger partial charge in [-0.3, -0.25) is 15.1 Å². The van der Waals surface area contributed by atoms with Crippen molar-refractivity contribution in [2.24, 2.45) is 0 Å². The number of hydrogen-bond acceptors (Lipinski definition) is 4. The van der Waals surface area contributed by atoms with Crippen molar-refractivity contribution in [3.63, 3.8) is 0 Å². The van der Waals surface area contributed by atoms with Gasteiger partial charge in [0.1, 0.15) is 5.54 Å². The van der Waals surface area contributed by atoms with E-state index >= 15 is 0 Å². The highest BCUT2D eigenvalue weighted by atomic mass is 16.2. The smallest absolute Gasteiger partial charge is 0.317 e. The molecule has 2 aliphatic rings. The molecule has 6 heteroatoms. The van der Waals surface area contributed by atoms with E-state index in [-0.39, 0.29) is 11.9 Å². The molecule has 2 N–H and O–H groups in total. The van der Waals surface area contributed by atoms with Crippen molar-refractivity contribution >= 4 is 11.9 Å². The van der Waals surface area contributed by atoms with Crippen molar-refractivity contribution in [2.75, 3.05) is 13.1 Å². The zero-order valence-electron chi connectivity index (χ0n) is 11.5. The molecule has 2 fully saturated rings. The van der Waals surface area contributed by atoms with E-state index in [1.54, 1.807) is 11.1 Å². The highest BCUT2D eigenvalue weighted by molar-refractivity contribution is 6.07. The number of nitrogens with one attached hydrogen (secondary N) is 2. The molecule has 0 radical (unpaired) electrons. The van der Waals surface area contributed by atoms with Gasteiger partial charge in [-0.1, -0.05) is 6.07 Å². The van der Waals surface area contributed by atoms with Crippen LogP contribution < -0.4 is 10.6 Å². The largest absolute Gasteiger partial charge is 0.325 e. The summed E-state index contributed by atoms with van der Waals surface area (Å²) >= 11 is 0. The first-order valence-corrected chi connectivity index (χ1v) is 6.88. The molecule has 3 rings (SSSR count). The third-order valence-electron chi connectivity index (χ3n) is 4.26. The van der Waals surface area contributed by atoms with Crippen LogP contribution in [0.25, 0.3) is 0 Å². The van der Waals surface area contributed by atoms with Crippen LogP contribution in [0, 0.1) is 6.92 Å². The van der Waals surface area contributed by atoms with E-state index < -0.39 is 5.54 Å². The Bertz CT molecular complexity index is 552. The topological polar surface area (TPSA) is 74.3 Å². The van der Waals surface area contributed by atoms with Crippen LogP contribution in [0.15, 0.2) is 18.3 Å². The van der Waals surface area contributed by atoms with Crippen LogP contribution in [0.4, 0.5) is 4.79 Å². The summed E-state index contributed by atoms with van der Waals surface area (Å²) in [6, 6.07) is 3.53. The number of aromatic nitrogens is 1. The summed E-state index contributed by atoms with van der Waals surface area (Å²) in [5.41, 5.74) is 1.17. The van der Waals surface area contributed by atoms with E-state index in [1.165, 1.54) is 0 Å². The van der Waals surface area contributed by atoms with Gasteiger partial charge in [-0.15, -0.1) is 0 Å². The number of urea groups is 1. The van der Waals surface area contributed by atoms with Crippen LogP contribution in [0.1, 0.15) is 24.1 Å². The van der Waals surface area contributed by atoms with Gasteiger partial charge in [0.15, 0.2) is 0 Å². The fourth-order valence-corrected chi connectivity index (χ4v) is 2.99. The lowest BCUT2D eigenvalue weighted by Crippen LogP contribution is -2.55. The summed E-state index contributed by atoms with van der Waals surface area (Å²) < 4.78 is 0. The number of pyridine rings is 1. The molecule has 3 heterocycles. The molecule has 1 aromatic rings. The summed E-state index contributed by atoms with van der Waals surface area (Å²) in [5.74, 6) is -0.169. The number of imide groups is 1. The number of carbonyl (C=O) groups is 2. The van der Waals surface area contributed by atoms with Crippen molar-refractivity contribution in [3.8, 4) is 0 Å². The maximum atomic E-state index is 12.2. The van der Waals surface area contributed by atoms with E-state index in [9.17, 15) is 9.59 Å². The quantitative estimate of drug-likeness (QED) is 0.773. The third kappa shape index (κ3) is 1.96. The van der Waals surface area contributed by atoms with E-state index in [2.05, 4.69) is 15.6 Å². The van der Waals surface area contributed by atoms with Gasteiger partial charge in [0.05, 0.1) is 12.2 Å². The summed E-state index contributed by atoms with van der Waals surface area (Å²) in [4.78, 5) is 30.3. The molecule has 3 amide bonds. The predicted molar refractivity (Wildman–Crippen MR) is 72.9 cm³/mol. The summed E-state index contributed by atoms with van der Waals surface area (Å²) in [6.45, 7) is 3.84. The first-order valence-electron chi connectivity index (χ1n) is 6.88. The van der Waals surface area contributed by atoms with Crippen LogP contribution >= 0.6 is 0 Å². The van der Waals surface area contributed by atoms with Gasteiger partial charge in [0.25, 0.3) is 5.91 Å². The fraction of sp³-hybridized carbons (Fsp3) is 0.500. The zero-order chi connectivity index (χ0) is 14.2. The standard InChI is InChI=1S/C14H18N4O2/c1-10-3-2-6-16-11(10)9-18-13(20)17-12(19)14(18)4-7-15-8-5-14/h2-3,6,15H,4-5,7-9H2,1H3,(H,17,19,20).